The fraction of sp³-hybridized carbons (Fsp3) is 0.286. The van der Waals surface area contributed by atoms with Gasteiger partial charge in [0.05, 0.1) is 10.6 Å². The van der Waals surface area contributed by atoms with Crippen LogP contribution in [0.25, 0.3) is 0 Å². The van der Waals surface area contributed by atoms with Gasteiger partial charge in [-0.3, -0.25) is 0 Å². The van der Waals surface area contributed by atoms with Gasteiger partial charge < -0.3 is 4.90 Å². The van der Waals surface area contributed by atoms with Crippen molar-refractivity contribution in [3.63, 3.8) is 0 Å². The molecule has 8 heteroatoms. The number of nitrogens with zero attached hydrogens (tertiary/aromatic N) is 3. The first kappa shape index (κ1) is 15.2. The smallest absolute Gasteiger partial charge is 0.175 e. The SMILES string of the molecule is CC1Cc2c(Cl)ncnc2N1c1ccc(S(C)(=O)=O)cc1F. The van der Waals surface area contributed by atoms with Crippen LogP contribution in [-0.2, 0) is 16.3 Å². The molecule has 0 bridgehead atoms. The van der Waals surface area contributed by atoms with E-state index in [2.05, 4.69) is 9.97 Å². The fourth-order valence-corrected chi connectivity index (χ4v) is 3.46. The molecule has 0 radical (unpaired) electrons. The third-order valence-electron chi connectivity index (χ3n) is 3.65. The Hall–Kier alpha value is -1.73. The molecule has 1 aromatic carbocycles. The van der Waals surface area contributed by atoms with Gasteiger partial charge in [0.2, 0.25) is 0 Å². The number of anilines is 2. The Bertz CT molecular complexity index is 857. The van der Waals surface area contributed by atoms with Gasteiger partial charge in [-0.2, -0.15) is 0 Å². The summed E-state index contributed by atoms with van der Waals surface area (Å²) in [5.41, 5.74) is 1.04. The molecule has 1 aromatic heterocycles. The monoisotopic (exact) mass is 341 g/mol. The van der Waals surface area contributed by atoms with Gasteiger partial charge in [-0.25, -0.2) is 22.8 Å². The molecule has 22 heavy (non-hydrogen) atoms. The molecule has 3 rings (SSSR count). The lowest BCUT2D eigenvalue weighted by molar-refractivity contribution is 0.594. The van der Waals surface area contributed by atoms with Gasteiger partial charge in [-0.1, -0.05) is 11.6 Å². The Morgan fingerprint density at radius 1 is 1.36 bits per heavy atom. The van der Waals surface area contributed by atoms with Crippen molar-refractivity contribution in [2.24, 2.45) is 0 Å². The van der Waals surface area contributed by atoms with Crippen LogP contribution in [0, 0.1) is 5.82 Å². The van der Waals surface area contributed by atoms with E-state index in [-0.39, 0.29) is 16.6 Å². The Balaban J connectivity index is 2.12. The first-order valence-corrected chi connectivity index (χ1v) is 8.84. The van der Waals surface area contributed by atoms with E-state index in [9.17, 15) is 12.8 Å². The molecular formula is C14H13ClFN3O2S. The minimum absolute atomic E-state index is 0.0530. The summed E-state index contributed by atoms with van der Waals surface area (Å²) in [6, 6.07) is 3.81. The highest BCUT2D eigenvalue weighted by Crippen LogP contribution is 2.40. The van der Waals surface area contributed by atoms with Crippen LogP contribution in [0.5, 0.6) is 0 Å². The number of hydrogen-bond donors (Lipinski definition) is 0. The molecule has 2 aromatic rings. The Kier molecular flexibility index (Phi) is 3.57. The van der Waals surface area contributed by atoms with Gasteiger partial charge in [-0.05, 0) is 31.5 Å². The molecule has 1 atom stereocenters. The predicted octanol–water partition coefficient (Wildman–Crippen LogP) is 2.76. The van der Waals surface area contributed by atoms with E-state index in [0.717, 1.165) is 17.9 Å². The lowest BCUT2D eigenvalue weighted by Gasteiger charge is -2.24. The summed E-state index contributed by atoms with van der Waals surface area (Å²) < 4.78 is 37.4. The number of hydrogen-bond acceptors (Lipinski definition) is 5. The first-order chi connectivity index (χ1) is 10.3. The predicted molar refractivity (Wildman–Crippen MR) is 81.9 cm³/mol. The number of fused-ring (bicyclic) bond motifs is 1. The second-order valence-corrected chi connectivity index (χ2v) is 7.65. The van der Waals surface area contributed by atoms with Gasteiger partial charge in [0.15, 0.2) is 9.84 Å². The quantitative estimate of drug-likeness (QED) is 0.786. The van der Waals surface area contributed by atoms with Gasteiger partial charge >= 0.3 is 0 Å². The summed E-state index contributed by atoms with van der Waals surface area (Å²) in [5, 5.41) is 0.354. The molecule has 1 aliphatic heterocycles. The number of aromatic nitrogens is 2. The largest absolute Gasteiger partial charge is 0.320 e. The summed E-state index contributed by atoms with van der Waals surface area (Å²) in [4.78, 5) is 9.78. The summed E-state index contributed by atoms with van der Waals surface area (Å²) in [7, 11) is -3.45. The molecule has 0 saturated carbocycles. The molecule has 1 unspecified atom stereocenters. The molecule has 0 amide bonds. The van der Waals surface area contributed by atoms with Crippen LogP contribution in [0.2, 0.25) is 5.15 Å². The minimum atomic E-state index is -3.45. The van der Waals surface area contributed by atoms with Gasteiger partial charge in [0, 0.05) is 17.9 Å². The molecule has 0 saturated heterocycles. The van der Waals surface area contributed by atoms with E-state index in [0.29, 0.717) is 17.4 Å². The fourth-order valence-electron chi connectivity index (χ4n) is 2.63. The van der Waals surface area contributed by atoms with E-state index >= 15 is 0 Å². The maximum Gasteiger partial charge on any atom is 0.175 e. The second-order valence-electron chi connectivity index (χ2n) is 5.28. The maximum absolute atomic E-state index is 14.4. The summed E-state index contributed by atoms with van der Waals surface area (Å²) in [5.74, 6) is -0.0594. The first-order valence-electron chi connectivity index (χ1n) is 6.57. The van der Waals surface area contributed by atoms with Gasteiger partial charge in [-0.15, -0.1) is 0 Å². The second kappa shape index (κ2) is 5.17. The number of sulfone groups is 1. The Labute approximate surface area is 132 Å². The maximum atomic E-state index is 14.4. The zero-order chi connectivity index (χ0) is 16.1. The molecule has 1 aliphatic rings. The number of benzene rings is 1. The Morgan fingerprint density at radius 3 is 2.73 bits per heavy atom. The van der Waals surface area contributed by atoms with Crippen molar-refractivity contribution in [2.45, 2.75) is 24.3 Å². The van der Waals surface area contributed by atoms with E-state index in [1.807, 2.05) is 6.92 Å². The van der Waals surface area contributed by atoms with Crippen LogP contribution in [-0.4, -0.2) is 30.7 Å². The molecule has 5 nitrogen and oxygen atoms in total. The molecule has 0 aliphatic carbocycles. The van der Waals surface area contributed by atoms with Crippen molar-refractivity contribution < 1.29 is 12.8 Å². The van der Waals surface area contributed by atoms with Crippen LogP contribution >= 0.6 is 11.6 Å². The van der Waals surface area contributed by atoms with Crippen LogP contribution in [0.4, 0.5) is 15.9 Å². The van der Waals surface area contributed by atoms with E-state index in [4.69, 9.17) is 11.6 Å². The minimum Gasteiger partial charge on any atom is -0.320 e. The average Bonchev–Trinajstić information content (AvgIpc) is 2.76. The topological polar surface area (TPSA) is 63.2 Å². The molecule has 0 fully saturated rings. The summed E-state index contributed by atoms with van der Waals surface area (Å²) in [6.45, 7) is 1.92. The molecule has 2 heterocycles. The average molecular weight is 342 g/mol. The van der Waals surface area contributed by atoms with Crippen LogP contribution in [0.1, 0.15) is 12.5 Å². The van der Waals surface area contributed by atoms with Gasteiger partial charge in [0.25, 0.3) is 0 Å². The molecule has 0 N–H and O–H groups in total. The zero-order valence-corrected chi connectivity index (χ0v) is 13.5. The van der Waals surface area contributed by atoms with Crippen LogP contribution in [0.3, 0.4) is 0 Å². The number of halogens is 2. The van der Waals surface area contributed by atoms with Crippen molar-refractivity contribution in [1.29, 1.82) is 0 Å². The number of rotatable bonds is 2. The van der Waals surface area contributed by atoms with Crippen molar-refractivity contribution in [2.75, 3.05) is 11.2 Å². The standard InChI is InChI=1S/C14H13ClFN3O2S/c1-8-5-10-13(15)17-7-18-14(10)19(8)12-4-3-9(6-11(12)16)22(2,20)21/h3-4,6-8H,5H2,1-2H3. The highest BCUT2D eigenvalue weighted by Gasteiger charge is 2.32. The summed E-state index contributed by atoms with van der Waals surface area (Å²) >= 11 is 6.06. The molecular weight excluding hydrogens is 329 g/mol. The third-order valence-corrected chi connectivity index (χ3v) is 5.08. The molecule has 0 spiro atoms. The van der Waals surface area contributed by atoms with Crippen LogP contribution < -0.4 is 4.90 Å². The third kappa shape index (κ3) is 2.44. The highest BCUT2D eigenvalue weighted by molar-refractivity contribution is 7.90. The van der Waals surface area contributed by atoms with Crippen molar-refractivity contribution in [3.05, 3.63) is 41.1 Å². The highest BCUT2D eigenvalue weighted by atomic mass is 35.5. The summed E-state index contributed by atoms with van der Waals surface area (Å²) in [6.07, 6.45) is 2.97. The van der Waals surface area contributed by atoms with E-state index in [1.54, 1.807) is 4.90 Å². The normalized spacial score (nSPS) is 17.6. The van der Waals surface area contributed by atoms with Gasteiger partial charge in [0.1, 0.15) is 23.1 Å². The van der Waals surface area contributed by atoms with E-state index in [1.165, 1.54) is 18.5 Å². The molecule has 116 valence electrons. The van der Waals surface area contributed by atoms with Crippen molar-refractivity contribution >= 4 is 32.9 Å². The van der Waals surface area contributed by atoms with Crippen molar-refractivity contribution in [3.8, 4) is 0 Å². The zero-order valence-electron chi connectivity index (χ0n) is 11.9. The van der Waals surface area contributed by atoms with Crippen molar-refractivity contribution in [1.82, 2.24) is 9.97 Å². The lowest BCUT2D eigenvalue weighted by atomic mass is 10.2. The van der Waals surface area contributed by atoms with Crippen LogP contribution in [0.15, 0.2) is 29.4 Å². The van der Waals surface area contributed by atoms with E-state index < -0.39 is 15.7 Å². The Morgan fingerprint density at radius 2 is 2.09 bits per heavy atom. The lowest BCUT2D eigenvalue weighted by Crippen LogP contribution is -2.25.